The van der Waals surface area contributed by atoms with Crippen molar-refractivity contribution in [3.8, 4) is 0 Å². The molecule has 1 N–H and O–H groups in total. The maximum atomic E-state index is 13.3. The van der Waals surface area contributed by atoms with Crippen molar-refractivity contribution in [1.29, 1.82) is 0 Å². The summed E-state index contributed by atoms with van der Waals surface area (Å²) in [4.78, 5) is 41.0. The monoisotopic (exact) mass is 490 g/mol. The van der Waals surface area contributed by atoms with Crippen LogP contribution in [0.4, 0.5) is 0 Å². The lowest BCUT2D eigenvalue weighted by Crippen LogP contribution is -2.44. The first kappa shape index (κ1) is 25.6. The third-order valence-corrected chi connectivity index (χ3v) is 6.16. The summed E-state index contributed by atoms with van der Waals surface area (Å²) >= 11 is 0. The van der Waals surface area contributed by atoms with Gasteiger partial charge in [0, 0.05) is 13.1 Å². The molecule has 0 aliphatic heterocycles. The number of benzene rings is 4. The summed E-state index contributed by atoms with van der Waals surface area (Å²) in [6.45, 7) is 0.259. The smallest absolute Gasteiger partial charge is 0.233 e. The molecule has 0 aliphatic carbocycles. The van der Waals surface area contributed by atoms with Gasteiger partial charge in [-0.15, -0.1) is 0 Å². The summed E-state index contributed by atoms with van der Waals surface area (Å²) in [5.41, 5.74) is 3.43. The molecule has 0 spiro atoms. The highest BCUT2D eigenvalue weighted by atomic mass is 16.2. The lowest BCUT2D eigenvalue weighted by atomic mass is 9.90. The molecule has 0 aromatic heterocycles. The molecule has 37 heavy (non-hydrogen) atoms. The second-order valence-corrected chi connectivity index (χ2v) is 8.81. The Morgan fingerprint density at radius 1 is 0.568 bits per heavy atom. The van der Waals surface area contributed by atoms with E-state index in [9.17, 15) is 14.4 Å². The Hall–Kier alpha value is -4.51. The number of rotatable bonds is 10. The normalized spacial score (nSPS) is 10.6. The molecule has 0 aliphatic rings. The molecule has 4 rings (SSSR count). The molecule has 3 amide bonds. The van der Waals surface area contributed by atoms with E-state index in [4.69, 9.17) is 0 Å². The van der Waals surface area contributed by atoms with Gasteiger partial charge < -0.3 is 5.32 Å². The van der Waals surface area contributed by atoms with Gasteiger partial charge in [-0.1, -0.05) is 121 Å². The van der Waals surface area contributed by atoms with E-state index in [0.717, 1.165) is 22.3 Å². The Bertz CT molecular complexity index is 1200. The van der Waals surface area contributed by atoms with Crippen molar-refractivity contribution in [2.45, 2.75) is 18.8 Å². The van der Waals surface area contributed by atoms with Gasteiger partial charge in [-0.05, 0) is 22.3 Å². The predicted molar refractivity (Wildman–Crippen MR) is 145 cm³/mol. The van der Waals surface area contributed by atoms with E-state index >= 15 is 0 Å². The van der Waals surface area contributed by atoms with Crippen molar-refractivity contribution < 1.29 is 14.4 Å². The van der Waals surface area contributed by atoms with Gasteiger partial charge in [0.2, 0.25) is 17.7 Å². The van der Waals surface area contributed by atoms with Gasteiger partial charge in [-0.3, -0.25) is 19.3 Å². The first-order valence-electron chi connectivity index (χ1n) is 12.4. The fourth-order valence-electron chi connectivity index (χ4n) is 4.30. The van der Waals surface area contributed by atoms with E-state index in [0.29, 0.717) is 0 Å². The Morgan fingerprint density at radius 3 is 1.35 bits per heavy atom. The van der Waals surface area contributed by atoms with E-state index in [1.54, 1.807) is 0 Å². The van der Waals surface area contributed by atoms with Gasteiger partial charge in [0.05, 0.1) is 18.8 Å². The molecule has 0 heterocycles. The summed E-state index contributed by atoms with van der Waals surface area (Å²) in [6.07, 6.45) is 0.234. The number of carbonyl (C=O) groups is 3. The molecule has 0 radical (unpaired) electrons. The fraction of sp³-hybridized carbons (Fsp3) is 0.156. The van der Waals surface area contributed by atoms with Gasteiger partial charge in [0.15, 0.2) is 0 Å². The molecule has 0 unspecified atom stereocenters. The van der Waals surface area contributed by atoms with Crippen LogP contribution in [0.15, 0.2) is 121 Å². The van der Waals surface area contributed by atoms with Gasteiger partial charge in [-0.25, -0.2) is 0 Å². The van der Waals surface area contributed by atoms with Crippen molar-refractivity contribution in [3.63, 3.8) is 0 Å². The number of nitrogens with zero attached hydrogens (tertiary/aromatic N) is 1. The lowest BCUT2D eigenvalue weighted by molar-refractivity contribution is -0.144. The molecule has 4 aromatic rings. The van der Waals surface area contributed by atoms with Crippen LogP contribution in [0.1, 0.15) is 28.2 Å². The number of imide groups is 1. The molecule has 186 valence electrons. The molecule has 5 nitrogen and oxygen atoms in total. The predicted octanol–water partition coefficient (Wildman–Crippen LogP) is 4.78. The molecule has 0 saturated heterocycles. The Kier molecular flexibility index (Phi) is 8.97. The first-order chi connectivity index (χ1) is 18.1. The Morgan fingerprint density at radius 2 is 0.946 bits per heavy atom. The molecular weight excluding hydrogens is 460 g/mol. The number of hydrogen-bond acceptors (Lipinski definition) is 3. The first-order valence-corrected chi connectivity index (χ1v) is 12.4. The van der Waals surface area contributed by atoms with Crippen LogP contribution < -0.4 is 5.32 Å². The third kappa shape index (κ3) is 7.24. The number of nitrogens with one attached hydrogen (secondary N) is 1. The van der Waals surface area contributed by atoms with Crippen LogP contribution in [0.5, 0.6) is 0 Å². The van der Waals surface area contributed by atoms with Crippen LogP contribution in [0, 0.1) is 0 Å². The number of hydrogen-bond donors (Lipinski definition) is 1. The van der Waals surface area contributed by atoms with Crippen LogP contribution in [0.25, 0.3) is 0 Å². The average molecular weight is 491 g/mol. The average Bonchev–Trinajstić information content (AvgIpc) is 2.93. The maximum absolute atomic E-state index is 13.3. The van der Waals surface area contributed by atoms with Gasteiger partial charge in [0.25, 0.3) is 0 Å². The second kappa shape index (κ2) is 13.0. The van der Waals surface area contributed by atoms with Crippen molar-refractivity contribution in [2.75, 3.05) is 13.1 Å². The number of amides is 3. The van der Waals surface area contributed by atoms with Crippen LogP contribution in [-0.4, -0.2) is 35.7 Å². The van der Waals surface area contributed by atoms with E-state index < -0.39 is 5.92 Å². The van der Waals surface area contributed by atoms with Crippen LogP contribution in [0.3, 0.4) is 0 Å². The molecule has 4 aromatic carbocycles. The quantitative estimate of drug-likeness (QED) is 0.348. The lowest BCUT2D eigenvalue weighted by Gasteiger charge is -2.23. The Labute approximate surface area is 217 Å². The van der Waals surface area contributed by atoms with E-state index in [1.165, 1.54) is 4.90 Å². The SMILES string of the molecule is O=C(NCCN(C(=O)Cc1ccccc1)C(=O)Cc1ccccc1)C(c1ccccc1)c1ccccc1. The zero-order valence-electron chi connectivity index (χ0n) is 20.6. The highest BCUT2D eigenvalue weighted by molar-refractivity contribution is 5.97. The summed E-state index contributed by atoms with van der Waals surface area (Å²) in [5.74, 6) is -1.24. The van der Waals surface area contributed by atoms with Crippen molar-refractivity contribution in [2.24, 2.45) is 0 Å². The zero-order chi connectivity index (χ0) is 25.9. The zero-order valence-corrected chi connectivity index (χ0v) is 20.6. The minimum atomic E-state index is -0.490. The van der Waals surface area contributed by atoms with Crippen LogP contribution >= 0.6 is 0 Å². The standard InChI is InChI=1S/C32H30N2O3/c35-29(23-25-13-5-1-6-14-25)34(30(36)24-26-15-7-2-8-16-26)22-21-33-32(37)31(27-17-9-3-10-18-27)28-19-11-4-12-20-28/h1-20,31H,21-24H2,(H,33,37). The molecule has 0 saturated carbocycles. The molecule has 0 fully saturated rings. The minimum absolute atomic E-state index is 0.0966. The number of carbonyl (C=O) groups excluding carboxylic acids is 3. The largest absolute Gasteiger partial charge is 0.353 e. The summed E-state index contributed by atoms with van der Waals surface area (Å²) in [7, 11) is 0. The molecule has 0 bridgehead atoms. The summed E-state index contributed by atoms with van der Waals surface area (Å²) in [6, 6.07) is 37.9. The highest BCUT2D eigenvalue weighted by Crippen LogP contribution is 2.24. The van der Waals surface area contributed by atoms with Crippen LogP contribution in [-0.2, 0) is 27.2 Å². The minimum Gasteiger partial charge on any atom is -0.353 e. The molecule has 0 atom stereocenters. The molecular formula is C32H30N2O3. The van der Waals surface area contributed by atoms with Crippen molar-refractivity contribution in [1.82, 2.24) is 10.2 Å². The highest BCUT2D eigenvalue weighted by Gasteiger charge is 2.25. The van der Waals surface area contributed by atoms with E-state index in [-0.39, 0.29) is 43.7 Å². The molecule has 5 heteroatoms. The topological polar surface area (TPSA) is 66.5 Å². The maximum Gasteiger partial charge on any atom is 0.233 e. The fourth-order valence-corrected chi connectivity index (χ4v) is 4.30. The van der Waals surface area contributed by atoms with Gasteiger partial charge in [-0.2, -0.15) is 0 Å². The second-order valence-electron chi connectivity index (χ2n) is 8.81. The summed E-state index contributed by atoms with van der Waals surface area (Å²) in [5, 5.41) is 2.96. The van der Waals surface area contributed by atoms with Crippen LogP contribution in [0.2, 0.25) is 0 Å². The van der Waals surface area contributed by atoms with E-state index in [1.807, 2.05) is 121 Å². The van der Waals surface area contributed by atoms with E-state index in [2.05, 4.69) is 5.32 Å². The van der Waals surface area contributed by atoms with Crippen molar-refractivity contribution >= 4 is 17.7 Å². The Balaban J connectivity index is 1.47. The van der Waals surface area contributed by atoms with Gasteiger partial charge >= 0.3 is 0 Å². The van der Waals surface area contributed by atoms with Gasteiger partial charge in [0.1, 0.15) is 0 Å². The van der Waals surface area contributed by atoms with Crippen molar-refractivity contribution in [3.05, 3.63) is 144 Å². The summed E-state index contributed by atoms with van der Waals surface area (Å²) < 4.78 is 0. The third-order valence-electron chi connectivity index (χ3n) is 6.16.